The normalized spacial score (nSPS) is 11.8. The molecule has 0 aliphatic rings. The summed E-state index contributed by atoms with van der Waals surface area (Å²) in [6, 6.07) is 11.4. The fourth-order valence-corrected chi connectivity index (χ4v) is 3.07. The van der Waals surface area contributed by atoms with Gasteiger partial charge >= 0.3 is 0 Å². The summed E-state index contributed by atoms with van der Waals surface area (Å²) >= 11 is 2.83. The van der Waals surface area contributed by atoms with Gasteiger partial charge in [0, 0.05) is 4.88 Å². The minimum Gasteiger partial charge on any atom is -0.431 e. The van der Waals surface area contributed by atoms with E-state index >= 15 is 0 Å². The monoisotopic (exact) mass is 331 g/mol. The van der Waals surface area contributed by atoms with Gasteiger partial charge in [0.15, 0.2) is 5.58 Å². The maximum Gasteiger partial charge on any atom is 0.257 e. The minimum atomic E-state index is -0.192. The Morgan fingerprint density at radius 3 is 3.00 bits per heavy atom. The van der Waals surface area contributed by atoms with E-state index in [1.165, 1.54) is 11.8 Å². The van der Waals surface area contributed by atoms with Crippen molar-refractivity contribution in [3.63, 3.8) is 0 Å². The van der Waals surface area contributed by atoms with Crippen LogP contribution in [0.4, 0.5) is 0 Å². The topological polar surface area (TPSA) is 67.5 Å². The van der Waals surface area contributed by atoms with Crippen LogP contribution in [0, 0.1) is 0 Å². The van der Waals surface area contributed by atoms with Crippen LogP contribution in [0.2, 0.25) is 0 Å². The molecule has 1 amide bonds. The number of carbonyl (C=O) groups is 1. The largest absolute Gasteiger partial charge is 0.431 e. The van der Waals surface area contributed by atoms with Crippen LogP contribution in [0.1, 0.15) is 11.8 Å². The van der Waals surface area contributed by atoms with Gasteiger partial charge in [-0.15, -0.1) is 11.3 Å². The van der Waals surface area contributed by atoms with Gasteiger partial charge in [-0.25, -0.2) is 10.4 Å². The zero-order valence-electron chi connectivity index (χ0n) is 11.8. The summed E-state index contributed by atoms with van der Waals surface area (Å²) in [4.78, 5) is 17.1. The number of amides is 1. The number of rotatable bonds is 5. The smallest absolute Gasteiger partial charge is 0.257 e. The van der Waals surface area contributed by atoms with E-state index in [0.717, 1.165) is 21.7 Å². The Balaban J connectivity index is 1.55. The summed E-state index contributed by atoms with van der Waals surface area (Å²) < 4.78 is 5.54. The van der Waals surface area contributed by atoms with Crippen LogP contribution in [0.3, 0.4) is 0 Å². The number of fused-ring (bicyclic) bond motifs is 1. The summed E-state index contributed by atoms with van der Waals surface area (Å²) in [5.41, 5.74) is 4.84. The number of aromatic nitrogens is 1. The van der Waals surface area contributed by atoms with Crippen molar-refractivity contribution in [3.05, 3.63) is 46.7 Å². The van der Waals surface area contributed by atoms with Gasteiger partial charge in [-0.3, -0.25) is 4.79 Å². The quantitative estimate of drug-likeness (QED) is 0.441. The zero-order valence-corrected chi connectivity index (χ0v) is 13.4. The van der Waals surface area contributed by atoms with Crippen LogP contribution in [0.25, 0.3) is 11.1 Å². The molecule has 0 aliphatic heterocycles. The van der Waals surface area contributed by atoms with E-state index in [2.05, 4.69) is 15.5 Å². The number of hydrazone groups is 1. The second kappa shape index (κ2) is 6.76. The molecule has 2 heterocycles. The van der Waals surface area contributed by atoms with E-state index < -0.39 is 0 Å². The fraction of sp³-hybridized carbons (Fsp3) is 0.133. The van der Waals surface area contributed by atoms with E-state index in [1.54, 1.807) is 11.3 Å². The molecule has 0 spiro atoms. The van der Waals surface area contributed by atoms with Crippen LogP contribution in [0.15, 0.2) is 56.5 Å². The van der Waals surface area contributed by atoms with Gasteiger partial charge in [0.05, 0.1) is 11.5 Å². The van der Waals surface area contributed by atoms with E-state index in [1.807, 2.05) is 48.7 Å². The van der Waals surface area contributed by atoms with Crippen LogP contribution in [-0.2, 0) is 4.79 Å². The van der Waals surface area contributed by atoms with E-state index in [-0.39, 0.29) is 11.7 Å². The van der Waals surface area contributed by atoms with Gasteiger partial charge in [-0.1, -0.05) is 30.0 Å². The first-order valence-corrected chi connectivity index (χ1v) is 8.44. The van der Waals surface area contributed by atoms with Crippen molar-refractivity contribution in [2.75, 3.05) is 5.75 Å². The summed E-state index contributed by atoms with van der Waals surface area (Å²) in [6.45, 7) is 1.86. The molecular formula is C15H13N3O2S2. The zero-order chi connectivity index (χ0) is 15.4. The number of para-hydroxylation sites is 2. The van der Waals surface area contributed by atoms with Crippen LogP contribution < -0.4 is 5.43 Å². The third-order valence-electron chi connectivity index (χ3n) is 2.83. The molecule has 0 atom stereocenters. The first kappa shape index (κ1) is 14.8. The van der Waals surface area contributed by atoms with Crippen molar-refractivity contribution in [2.24, 2.45) is 5.10 Å². The molecule has 0 saturated heterocycles. The Labute approximate surface area is 135 Å². The number of thioether (sulfide) groups is 1. The number of nitrogens with one attached hydrogen (secondary N) is 1. The highest BCUT2D eigenvalue weighted by molar-refractivity contribution is 7.99. The number of nitrogens with zero attached hydrogens (tertiary/aromatic N) is 2. The Bertz CT molecular complexity index is 776. The second-order valence-electron chi connectivity index (χ2n) is 4.45. The highest BCUT2D eigenvalue weighted by Gasteiger charge is 2.09. The second-order valence-corrected chi connectivity index (χ2v) is 6.32. The van der Waals surface area contributed by atoms with Gasteiger partial charge in [0.1, 0.15) is 5.52 Å². The number of oxazole rings is 1. The summed E-state index contributed by atoms with van der Waals surface area (Å²) in [5, 5.41) is 6.54. The van der Waals surface area contributed by atoms with Gasteiger partial charge < -0.3 is 4.42 Å². The Morgan fingerprint density at radius 2 is 2.23 bits per heavy atom. The molecule has 0 aliphatic carbocycles. The van der Waals surface area contributed by atoms with E-state index in [4.69, 9.17) is 4.42 Å². The van der Waals surface area contributed by atoms with Crippen molar-refractivity contribution in [3.8, 4) is 0 Å². The predicted molar refractivity (Wildman–Crippen MR) is 89.4 cm³/mol. The number of thiophene rings is 1. The lowest BCUT2D eigenvalue weighted by Crippen LogP contribution is -2.21. The summed E-state index contributed by atoms with van der Waals surface area (Å²) in [7, 11) is 0. The molecule has 0 bridgehead atoms. The lowest BCUT2D eigenvalue weighted by molar-refractivity contribution is -0.118. The van der Waals surface area contributed by atoms with Crippen molar-refractivity contribution < 1.29 is 9.21 Å². The first-order chi connectivity index (χ1) is 10.7. The lowest BCUT2D eigenvalue weighted by atomic mass is 10.3. The molecule has 112 valence electrons. The standard InChI is InChI=1S/C15H13N3O2S2/c1-10(13-7-4-8-21-13)17-18-14(19)9-22-15-16-11-5-2-3-6-12(11)20-15/h2-8H,9H2,1H3,(H,18,19)/b17-10-. The Kier molecular flexibility index (Phi) is 4.55. The summed E-state index contributed by atoms with van der Waals surface area (Å²) in [6.07, 6.45) is 0. The third kappa shape index (κ3) is 3.55. The van der Waals surface area contributed by atoms with E-state index in [9.17, 15) is 4.79 Å². The van der Waals surface area contributed by atoms with E-state index in [0.29, 0.717) is 5.22 Å². The van der Waals surface area contributed by atoms with Crippen molar-refractivity contribution >= 4 is 45.8 Å². The molecule has 5 nitrogen and oxygen atoms in total. The average Bonchev–Trinajstić information content (AvgIpc) is 3.19. The molecule has 3 aromatic rings. The van der Waals surface area contributed by atoms with Crippen LogP contribution >= 0.6 is 23.1 Å². The molecule has 0 unspecified atom stereocenters. The molecule has 0 saturated carbocycles. The fourth-order valence-electron chi connectivity index (χ4n) is 1.76. The number of benzene rings is 1. The van der Waals surface area contributed by atoms with Gasteiger partial charge in [-0.05, 0) is 30.5 Å². The molecule has 0 fully saturated rings. The van der Waals surface area contributed by atoms with Crippen LogP contribution in [0.5, 0.6) is 0 Å². The summed E-state index contributed by atoms with van der Waals surface area (Å²) in [5.74, 6) is 0.0109. The maximum atomic E-state index is 11.8. The molecule has 0 radical (unpaired) electrons. The highest BCUT2D eigenvalue weighted by Crippen LogP contribution is 2.22. The third-order valence-corrected chi connectivity index (χ3v) is 4.63. The van der Waals surface area contributed by atoms with Crippen molar-refractivity contribution in [1.29, 1.82) is 0 Å². The first-order valence-electron chi connectivity index (χ1n) is 6.58. The van der Waals surface area contributed by atoms with Gasteiger partial charge in [0.25, 0.3) is 11.1 Å². The Hall–Kier alpha value is -2.12. The highest BCUT2D eigenvalue weighted by atomic mass is 32.2. The lowest BCUT2D eigenvalue weighted by Gasteiger charge is -1.99. The van der Waals surface area contributed by atoms with Crippen molar-refractivity contribution in [1.82, 2.24) is 10.4 Å². The predicted octanol–water partition coefficient (Wildman–Crippen LogP) is 3.52. The number of hydrogen-bond donors (Lipinski definition) is 1. The minimum absolute atomic E-state index is 0.192. The molecule has 22 heavy (non-hydrogen) atoms. The Morgan fingerprint density at radius 1 is 1.36 bits per heavy atom. The van der Waals surface area contributed by atoms with Gasteiger partial charge in [-0.2, -0.15) is 5.10 Å². The SMILES string of the molecule is C/C(=N/NC(=O)CSc1nc2ccccc2o1)c1cccs1. The molecule has 3 rings (SSSR count). The molecular weight excluding hydrogens is 318 g/mol. The molecule has 1 N–H and O–H groups in total. The molecule has 7 heteroatoms. The van der Waals surface area contributed by atoms with Gasteiger partial charge in [0.2, 0.25) is 0 Å². The number of carbonyl (C=O) groups excluding carboxylic acids is 1. The average molecular weight is 331 g/mol. The van der Waals surface area contributed by atoms with Crippen LogP contribution in [-0.4, -0.2) is 22.4 Å². The molecule has 2 aromatic heterocycles. The van der Waals surface area contributed by atoms with Crippen molar-refractivity contribution in [2.45, 2.75) is 12.1 Å². The molecule has 1 aromatic carbocycles. The maximum absolute atomic E-state index is 11.8. The number of hydrogen-bond acceptors (Lipinski definition) is 6.